The Bertz CT molecular complexity index is 2100. The minimum absolute atomic E-state index is 0.0176. The van der Waals surface area contributed by atoms with Gasteiger partial charge in [0.1, 0.15) is 41.2 Å². The van der Waals surface area contributed by atoms with E-state index in [1.807, 2.05) is 11.0 Å². The number of nitrogens with two attached hydrogens (primary N) is 2. The van der Waals surface area contributed by atoms with Gasteiger partial charge in [0.05, 0.1) is 26.4 Å². The molecule has 4 fully saturated rings. The van der Waals surface area contributed by atoms with Gasteiger partial charge in [0, 0.05) is 36.0 Å². The summed E-state index contributed by atoms with van der Waals surface area (Å²) in [7, 11) is 0. The lowest BCUT2D eigenvalue weighted by Gasteiger charge is -2.50. The van der Waals surface area contributed by atoms with Crippen LogP contribution >= 0.6 is 22.9 Å². The third-order valence-corrected chi connectivity index (χ3v) is 12.2. The quantitative estimate of drug-likeness (QED) is 0.0776. The maximum absolute atomic E-state index is 17.1. The highest BCUT2D eigenvalue weighted by atomic mass is 35.5. The lowest BCUT2D eigenvalue weighted by Crippen LogP contribution is -2.66. The van der Waals surface area contributed by atoms with Crippen LogP contribution < -0.4 is 21.2 Å². The third kappa shape index (κ3) is 4.79. The first-order valence-electron chi connectivity index (χ1n) is 16.2. The second-order valence-electron chi connectivity index (χ2n) is 13.3. The molecule has 8 rings (SSSR count). The summed E-state index contributed by atoms with van der Waals surface area (Å²) in [5.74, 6) is 4.81. The minimum atomic E-state index is -0.766. The molecular weight excluding hydrogens is 674 g/mol. The monoisotopic (exact) mass is 706 g/mol. The summed E-state index contributed by atoms with van der Waals surface area (Å²) in [6, 6.07) is 5.78. The lowest BCUT2D eigenvalue weighted by atomic mass is 9.84. The SMILES string of the molecule is N#Cc1c(N)sc2c(F)ccc(-c3c(Cl)cc4c(N5CCC6(CCN6C(=O)N(N)C=N)C5)nc(OCC56CCCN5CCC6)nc4c3F)c12. The lowest BCUT2D eigenvalue weighted by molar-refractivity contribution is 0.0306. The molecule has 1 unspecified atom stereocenters. The number of nitriles is 1. The van der Waals surface area contributed by atoms with Crippen LogP contribution in [-0.4, -0.2) is 87.6 Å². The summed E-state index contributed by atoms with van der Waals surface area (Å²) in [5, 5.41) is 18.7. The fraction of sp³-hybridized carbons (Fsp3) is 0.424. The van der Waals surface area contributed by atoms with Gasteiger partial charge in [0.2, 0.25) is 0 Å². The smallest absolute Gasteiger partial charge is 0.340 e. The highest BCUT2D eigenvalue weighted by Crippen LogP contribution is 2.47. The molecule has 6 heterocycles. The first-order chi connectivity index (χ1) is 23.6. The van der Waals surface area contributed by atoms with E-state index in [-0.39, 0.29) is 53.9 Å². The van der Waals surface area contributed by atoms with Gasteiger partial charge in [0.15, 0.2) is 5.82 Å². The van der Waals surface area contributed by atoms with Gasteiger partial charge in [-0.1, -0.05) is 17.7 Å². The van der Waals surface area contributed by atoms with E-state index in [1.54, 1.807) is 11.0 Å². The third-order valence-electron chi connectivity index (χ3n) is 10.9. The van der Waals surface area contributed by atoms with E-state index < -0.39 is 23.2 Å². The zero-order chi connectivity index (χ0) is 34.2. The number of thiophene rings is 1. The number of amides is 2. The molecule has 4 aliphatic rings. The first kappa shape index (κ1) is 31.9. The summed E-state index contributed by atoms with van der Waals surface area (Å²) >= 11 is 7.79. The number of ether oxygens (including phenoxy) is 1. The van der Waals surface area contributed by atoms with E-state index in [0.717, 1.165) is 67.9 Å². The van der Waals surface area contributed by atoms with Crippen LogP contribution in [0, 0.1) is 28.4 Å². The van der Waals surface area contributed by atoms with Crippen LogP contribution in [-0.2, 0) is 0 Å². The maximum atomic E-state index is 17.1. The number of halogens is 3. The molecular formula is C33H33ClF2N10O2S. The predicted octanol–water partition coefficient (Wildman–Crippen LogP) is 5.46. The largest absolute Gasteiger partial charge is 0.461 e. The maximum Gasteiger partial charge on any atom is 0.340 e. The number of fused-ring (bicyclic) bond motifs is 3. The average molecular weight is 707 g/mol. The van der Waals surface area contributed by atoms with Crippen molar-refractivity contribution in [3.63, 3.8) is 0 Å². The standard InChI is InChI=1S/C33H33ClF2N10O2S/c34-21-13-19-26(25(36)24(21)18-3-4-22(35)27-23(18)20(14-37)28(39)49-27)41-30(48-16-33-5-1-9-44(33)10-2-6-33)42-29(19)43-11-7-32(15-43)8-12-45(32)31(47)46(40)17-38/h3-4,13,17,38H,1-2,5-12,15-16,39-40H2. The Balaban J connectivity index is 1.25. The van der Waals surface area contributed by atoms with Crippen LogP contribution in [0.5, 0.6) is 6.01 Å². The molecule has 2 amide bonds. The number of anilines is 2. The number of urea groups is 1. The molecule has 0 aliphatic carbocycles. The number of hydrazine groups is 1. The van der Waals surface area contributed by atoms with Gasteiger partial charge in [-0.2, -0.15) is 15.2 Å². The van der Waals surface area contributed by atoms with Crippen molar-refractivity contribution in [1.29, 1.82) is 10.7 Å². The Hall–Kier alpha value is -4.36. The van der Waals surface area contributed by atoms with Crippen molar-refractivity contribution in [2.45, 2.75) is 49.6 Å². The van der Waals surface area contributed by atoms with Gasteiger partial charge in [0.25, 0.3) is 0 Å². The molecule has 4 aliphatic heterocycles. The molecule has 16 heteroatoms. The second-order valence-corrected chi connectivity index (χ2v) is 14.8. The van der Waals surface area contributed by atoms with Gasteiger partial charge >= 0.3 is 12.0 Å². The van der Waals surface area contributed by atoms with Crippen molar-refractivity contribution >= 4 is 67.1 Å². The van der Waals surface area contributed by atoms with E-state index in [2.05, 4.69) is 9.88 Å². The molecule has 49 heavy (non-hydrogen) atoms. The van der Waals surface area contributed by atoms with Crippen LogP contribution in [0.2, 0.25) is 5.02 Å². The van der Waals surface area contributed by atoms with Crippen molar-refractivity contribution in [3.8, 4) is 23.2 Å². The van der Waals surface area contributed by atoms with Gasteiger partial charge in [-0.25, -0.2) is 24.4 Å². The molecule has 0 saturated carbocycles. The topological polar surface area (TPSA) is 165 Å². The molecule has 4 saturated heterocycles. The fourth-order valence-electron chi connectivity index (χ4n) is 8.38. The van der Waals surface area contributed by atoms with Crippen LogP contribution in [0.25, 0.3) is 32.1 Å². The summed E-state index contributed by atoms with van der Waals surface area (Å²) < 4.78 is 38.5. The predicted molar refractivity (Wildman–Crippen MR) is 184 cm³/mol. The first-order valence-corrected chi connectivity index (χ1v) is 17.4. The van der Waals surface area contributed by atoms with Gasteiger partial charge in [-0.3, -0.25) is 10.3 Å². The molecule has 2 aromatic carbocycles. The molecule has 1 atom stereocenters. The molecule has 4 aromatic rings. The van der Waals surface area contributed by atoms with Crippen molar-refractivity contribution < 1.29 is 18.3 Å². The highest BCUT2D eigenvalue weighted by molar-refractivity contribution is 7.23. The van der Waals surface area contributed by atoms with Crippen LogP contribution in [0.4, 0.5) is 24.4 Å². The molecule has 2 aromatic heterocycles. The Labute approximate surface area is 289 Å². The Morgan fingerprint density at radius 3 is 2.63 bits per heavy atom. The number of hydrogen-bond acceptors (Lipinski definition) is 11. The summed E-state index contributed by atoms with van der Waals surface area (Å²) in [6.07, 6.45) is 6.28. The van der Waals surface area contributed by atoms with Crippen molar-refractivity contribution in [1.82, 2.24) is 24.8 Å². The van der Waals surface area contributed by atoms with Crippen LogP contribution in [0.3, 0.4) is 0 Å². The Morgan fingerprint density at radius 2 is 1.94 bits per heavy atom. The average Bonchev–Trinajstić information content (AvgIpc) is 3.86. The zero-order valence-electron chi connectivity index (χ0n) is 26.4. The number of carbonyl (C=O) groups is 1. The molecule has 0 bridgehead atoms. The van der Waals surface area contributed by atoms with Gasteiger partial charge in [-0.15, -0.1) is 11.3 Å². The van der Waals surface area contributed by atoms with Crippen molar-refractivity contribution in [2.24, 2.45) is 5.84 Å². The minimum Gasteiger partial charge on any atom is -0.461 e. The normalized spacial score (nSPS) is 21.4. The zero-order valence-corrected chi connectivity index (χ0v) is 28.0. The number of likely N-dealkylation sites (tertiary alicyclic amines) is 1. The number of rotatable bonds is 6. The van der Waals surface area contributed by atoms with Crippen LogP contribution in [0.1, 0.15) is 44.1 Å². The number of carbonyl (C=O) groups excluding carboxylic acids is 1. The van der Waals surface area contributed by atoms with Gasteiger partial charge < -0.3 is 20.3 Å². The van der Waals surface area contributed by atoms with Crippen LogP contribution in [0.15, 0.2) is 18.2 Å². The number of aromatic nitrogens is 2. The molecule has 0 radical (unpaired) electrons. The van der Waals surface area contributed by atoms with E-state index in [4.69, 9.17) is 38.3 Å². The van der Waals surface area contributed by atoms with E-state index in [9.17, 15) is 14.4 Å². The fourth-order valence-corrected chi connectivity index (χ4v) is 9.62. The molecule has 254 valence electrons. The molecule has 1 spiro atoms. The van der Waals surface area contributed by atoms with Crippen molar-refractivity contribution in [3.05, 3.63) is 40.4 Å². The van der Waals surface area contributed by atoms with E-state index >= 15 is 4.39 Å². The Kier molecular flexibility index (Phi) is 7.56. The number of hydrogen-bond donors (Lipinski definition) is 3. The van der Waals surface area contributed by atoms with Crippen molar-refractivity contribution in [2.75, 3.05) is 50.0 Å². The highest BCUT2D eigenvalue weighted by Gasteiger charge is 2.53. The summed E-state index contributed by atoms with van der Waals surface area (Å²) in [5.41, 5.74) is 5.64. The second kappa shape index (κ2) is 11.6. The van der Waals surface area contributed by atoms with E-state index in [0.29, 0.717) is 43.9 Å². The summed E-state index contributed by atoms with van der Waals surface area (Å²) in [6.45, 7) is 3.78. The Morgan fingerprint density at radius 1 is 1.18 bits per heavy atom. The number of nitrogens with one attached hydrogen (secondary N) is 1. The molecule has 12 nitrogen and oxygen atoms in total. The number of nitrogen functional groups attached to an aromatic ring is 1. The van der Waals surface area contributed by atoms with Gasteiger partial charge in [-0.05, 0) is 69.3 Å². The van der Waals surface area contributed by atoms with E-state index in [1.165, 1.54) is 12.1 Å². The number of nitrogens with zero attached hydrogens (tertiary/aromatic N) is 7. The molecule has 5 N–H and O–H groups in total. The number of benzene rings is 2. The summed E-state index contributed by atoms with van der Waals surface area (Å²) in [4.78, 5) is 28.5.